The number of aromatic hydroxyl groups is 1. The van der Waals surface area contributed by atoms with Crippen LogP contribution in [0.4, 0.5) is 0 Å². The Morgan fingerprint density at radius 2 is 1.54 bits per heavy atom. The fourth-order valence-corrected chi connectivity index (χ4v) is 2.79. The van der Waals surface area contributed by atoms with Crippen LogP contribution in [0.2, 0.25) is 0 Å². The summed E-state index contributed by atoms with van der Waals surface area (Å²) in [6.07, 6.45) is 1.55. The van der Waals surface area contributed by atoms with Gasteiger partial charge in [0.25, 0.3) is 0 Å². The van der Waals surface area contributed by atoms with Gasteiger partial charge in [0.15, 0.2) is 23.0 Å². The molecule has 0 amide bonds. The molecule has 0 spiro atoms. The second kappa shape index (κ2) is 7.45. The second-order valence-corrected chi connectivity index (χ2v) is 5.57. The highest BCUT2D eigenvalue weighted by Crippen LogP contribution is 2.42. The lowest BCUT2D eigenvalue weighted by atomic mass is 10.0. The maximum atomic E-state index is 9.96. The Kier molecular flexibility index (Phi) is 5.09. The van der Waals surface area contributed by atoms with Crippen molar-refractivity contribution in [2.24, 2.45) is 0 Å². The number of rotatable bonds is 6. The third kappa shape index (κ3) is 3.21. The minimum Gasteiger partial charge on any atom is -0.504 e. The molecular weight excluding hydrogens is 338 g/mol. The van der Waals surface area contributed by atoms with E-state index in [2.05, 4.69) is 5.48 Å². The Labute approximate surface area is 151 Å². The van der Waals surface area contributed by atoms with E-state index in [1.54, 1.807) is 33.5 Å². The highest BCUT2D eigenvalue weighted by atomic mass is 16.7. The Morgan fingerprint density at radius 3 is 2.08 bits per heavy atom. The Morgan fingerprint density at radius 1 is 0.885 bits per heavy atom. The minimum atomic E-state index is -0.358. The molecule has 2 N–H and O–H groups in total. The largest absolute Gasteiger partial charge is 0.504 e. The second-order valence-electron chi connectivity index (χ2n) is 5.57. The first kappa shape index (κ1) is 17.8. The van der Waals surface area contributed by atoms with Crippen LogP contribution in [-0.2, 0) is 4.84 Å². The summed E-state index contributed by atoms with van der Waals surface area (Å²) in [6.45, 7) is 0. The molecule has 0 saturated heterocycles. The van der Waals surface area contributed by atoms with Gasteiger partial charge in [-0.05, 0) is 42.0 Å². The van der Waals surface area contributed by atoms with Crippen LogP contribution in [0.15, 0.2) is 36.4 Å². The van der Waals surface area contributed by atoms with Crippen LogP contribution in [0.1, 0.15) is 17.2 Å². The molecular formula is C19H21NO6. The summed E-state index contributed by atoms with van der Waals surface area (Å²) in [6, 6.07) is 8.80. The SMILES string of the molecule is COc1ccc(C2=CC(c3cc(OC)c(OC)c(OC)c3)ON2)cc1O. The van der Waals surface area contributed by atoms with Crippen LogP contribution in [0, 0.1) is 0 Å². The number of hydroxylamine groups is 1. The maximum absolute atomic E-state index is 9.96. The zero-order valence-electron chi connectivity index (χ0n) is 15.0. The van der Waals surface area contributed by atoms with Crippen LogP contribution in [0.3, 0.4) is 0 Å². The van der Waals surface area contributed by atoms with Gasteiger partial charge in [0.2, 0.25) is 5.75 Å². The van der Waals surface area contributed by atoms with Gasteiger partial charge in [-0.25, -0.2) is 0 Å². The van der Waals surface area contributed by atoms with Gasteiger partial charge in [0.1, 0.15) is 6.10 Å². The van der Waals surface area contributed by atoms with Gasteiger partial charge >= 0.3 is 0 Å². The molecule has 0 radical (unpaired) electrons. The number of hydrogen-bond acceptors (Lipinski definition) is 7. The van der Waals surface area contributed by atoms with Crippen molar-refractivity contribution in [3.05, 3.63) is 47.5 Å². The van der Waals surface area contributed by atoms with Gasteiger partial charge in [0, 0.05) is 5.56 Å². The smallest absolute Gasteiger partial charge is 0.203 e. The monoisotopic (exact) mass is 359 g/mol. The molecule has 138 valence electrons. The highest BCUT2D eigenvalue weighted by Gasteiger charge is 2.23. The molecule has 3 rings (SSSR count). The number of hydrogen-bond donors (Lipinski definition) is 2. The zero-order valence-corrected chi connectivity index (χ0v) is 15.0. The molecule has 0 aliphatic carbocycles. The van der Waals surface area contributed by atoms with Crippen molar-refractivity contribution in [2.75, 3.05) is 28.4 Å². The van der Waals surface area contributed by atoms with E-state index >= 15 is 0 Å². The Bertz CT molecular complexity index is 808. The summed E-state index contributed by atoms with van der Waals surface area (Å²) in [5.41, 5.74) is 5.23. The lowest BCUT2D eigenvalue weighted by Gasteiger charge is -2.15. The van der Waals surface area contributed by atoms with E-state index in [0.29, 0.717) is 23.0 Å². The summed E-state index contributed by atoms with van der Waals surface area (Å²) in [5.74, 6) is 2.09. The number of phenols is 1. The Hall–Kier alpha value is -3.06. The number of benzene rings is 2. The van der Waals surface area contributed by atoms with Crippen molar-refractivity contribution < 1.29 is 28.9 Å². The van der Waals surface area contributed by atoms with Crippen molar-refractivity contribution in [3.8, 4) is 28.7 Å². The van der Waals surface area contributed by atoms with Crippen LogP contribution in [0.25, 0.3) is 5.70 Å². The summed E-state index contributed by atoms with van der Waals surface area (Å²) in [5, 5.41) is 9.96. The molecule has 26 heavy (non-hydrogen) atoms. The molecule has 0 aromatic heterocycles. The first-order valence-electron chi connectivity index (χ1n) is 7.92. The van der Waals surface area contributed by atoms with E-state index in [4.69, 9.17) is 23.8 Å². The fourth-order valence-electron chi connectivity index (χ4n) is 2.79. The van der Waals surface area contributed by atoms with Crippen molar-refractivity contribution in [1.82, 2.24) is 5.48 Å². The first-order valence-corrected chi connectivity index (χ1v) is 7.92. The van der Waals surface area contributed by atoms with E-state index in [9.17, 15) is 5.11 Å². The predicted octanol–water partition coefficient (Wildman–Crippen LogP) is 3.04. The molecule has 0 bridgehead atoms. The summed E-state index contributed by atoms with van der Waals surface area (Å²) >= 11 is 0. The van der Waals surface area contributed by atoms with E-state index in [1.165, 1.54) is 7.11 Å². The van der Waals surface area contributed by atoms with E-state index in [0.717, 1.165) is 16.8 Å². The lowest BCUT2D eigenvalue weighted by molar-refractivity contribution is 0.0508. The normalized spacial score (nSPS) is 15.8. The zero-order chi connectivity index (χ0) is 18.7. The molecule has 1 unspecified atom stereocenters. The quantitative estimate of drug-likeness (QED) is 0.821. The van der Waals surface area contributed by atoms with Gasteiger partial charge in [-0.15, -0.1) is 0 Å². The minimum absolute atomic E-state index is 0.0592. The fraction of sp³-hybridized carbons (Fsp3) is 0.263. The standard InChI is InChI=1S/C19H21NO6/c1-22-15-6-5-11(7-14(15)21)13-10-16(26-20-13)12-8-17(23-2)19(25-4)18(9-12)24-3/h5-10,16,20-21H,1-4H3. The van der Waals surface area contributed by atoms with E-state index in [-0.39, 0.29) is 11.9 Å². The van der Waals surface area contributed by atoms with Crippen LogP contribution >= 0.6 is 0 Å². The van der Waals surface area contributed by atoms with Crippen LogP contribution < -0.4 is 24.4 Å². The van der Waals surface area contributed by atoms with Crippen LogP contribution in [0.5, 0.6) is 28.7 Å². The first-order chi connectivity index (χ1) is 12.6. The maximum Gasteiger partial charge on any atom is 0.203 e. The lowest BCUT2D eigenvalue weighted by Crippen LogP contribution is -2.08. The van der Waals surface area contributed by atoms with Gasteiger partial charge in [-0.1, -0.05) is 0 Å². The molecule has 1 atom stereocenters. The molecule has 7 nitrogen and oxygen atoms in total. The highest BCUT2D eigenvalue weighted by molar-refractivity contribution is 5.68. The van der Waals surface area contributed by atoms with E-state index < -0.39 is 0 Å². The average molecular weight is 359 g/mol. The third-order valence-electron chi connectivity index (χ3n) is 4.12. The summed E-state index contributed by atoms with van der Waals surface area (Å²) in [4.78, 5) is 5.67. The molecule has 0 saturated carbocycles. The molecule has 7 heteroatoms. The van der Waals surface area contributed by atoms with Crippen LogP contribution in [-0.4, -0.2) is 33.5 Å². The molecule has 2 aromatic carbocycles. The number of phenolic OH excluding ortho intramolecular Hbond substituents is 1. The summed E-state index contributed by atoms with van der Waals surface area (Å²) < 4.78 is 21.2. The average Bonchev–Trinajstić information content (AvgIpc) is 3.16. The van der Waals surface area contributed by atoms with Crippen molar-refractivity contribution in [2.45, 2.75) is 6.10 Å². The summed E-state index contributed by atoms with van der Waals surface area (Å²) in [7, 11) is 6.19. The molecule has 0 fully saturated rings. The molecule has 2 aromatic rings. The third-order valence-corrected chi connectivity index (χ3v) is 4.12. The van der Waals surface area contributed by atoms with Gasteiger partial charge in [-0.2, -0.15) is 0 Å². The molecule has 1 heterocycles. The van der Waals surface area contributed by atoms with Gasteiger partial charge in [-0.3, -0.25) is 10.3 Å². The number of nitrogens with one attached hydrogen (secondary N) is 1. The molecule has 1 aliphatic rings. The topological polar surface area (TPSA) is 78.4 Å². The van der Waals surface area contributed by atoms with Gasteiger partial charge < -0.3 is 24.1 Å². The van der Waals surface area contributed by atoms with Gasteiger partial charge in [0.05, 0.1) is 34.1 Å². The Balaban J connectivity index is 1.93. The van der Waals surface area contributed by atoms with E-state index in [1.807, 2.05) is 24.3 Å². The molecule has 1 aliphatic heterocycles. The predicted molar refractivity (Wildman–Crippen MR) is 95.7 cm³/mol. The van der Waals surface area contributed by atoms with Crippen molar-refractivity contribution >= 4 is 5.70 Å². The van der Waals surface area contributed by atoms with Crippen molar-refractivity contribution in [1.29, 1.82) is 0 Å². The van der Waals surface area contributed by atoms with Crippen molar-refractivity contribution in [3.63, 3.8) is 0 Å². The number of methoxy groups -OCH3 is 4. The number of ether oxygens (including phenoxy) is 4.